The van der Waals surface area contributed by atoms with Gasteiger partial charge in [-0.05, 0) is 48.7 Å². The number of fused-ring (bicyclic) bond motifs is 3. The SMILES string of the molecule is COc1ccc2c(c1)[C@]13CCN4C(=O)C=CC[C@H]4[C@]1(Nc1ccccc13)O2. The van der Waals surface area contributed by atoms with Gasteiger partial charge in [0.25, 0.3) is 0 Å². The van der Waals surface area contributed by atoms with Gasteiger partial charge in [-0.1, -0.05) is 24.3 Å². The van der Waals surface area contributed by atoms with Crippen molar-refractivity contribution >= 4 is 11.6 Å². The monoisotopic (exact) mass is 360 g/mol. The summed E-state index contributed by atoms with van der Waals surface area (Å²) in [6, 6.07) is 14.4. The molecule has 0 spiro atoms. The van der Waals surface area contributed by atoms with E-state index in [-0.39, 0.29) is 17.4 Å². The molecule has 1 fully saturated rings. The zero-order valence-corrected chi connectivity index (χ0v) is 15.1. The average Bonchev–Trinajstić information content (AvgIpc) is 3.15. The van der Waals surface area contributed by atoms with Crippen LogP contribution in [0, 0.1) is 0 Å². The van der Waals surface area contributed by atoms with E-state index in [1.54, 1.807) is 13.2 Å². The van der Waals surface area contributed by atoms with Crippen LogP contribution in [-0.2, 0) is 10.2 Å². The molecule has 0 aromatic heterocycles. The quantitative estimate of drug-likeness (QED) is 0.849. The Morgan fingerprint density at radius 1 is 1.22 bits per heavy atom. The second-order valence-corrected chi connectivity index (χ2v) is 7.71. The molecule has 5 nitrogen and oxygen atoms in total. The maximum absolute atomic E-state index is 12.6. The molecule has 4 aliphatic rings. The van der Waals surface area contributed by atoms with Gasteiger partial charge in [0.15, 0.2) is 0 Å². The molecule has 2 aromatic carbocycles. The molecule has 4 heterocycles. The summed E-state index contributed by atoms with van der Waals surface area (Å²) in [5.74, 6) is 1.78. The van der Waals surface area contributed by atoms with E-state index in [1.165, 1.54) is 5.56 Å². The molecule has 0 radical (unpaired) electrons. The summed E-state index contributed by atoms with van der Waals surface area (Å²) in [5, 5.41) is 3.72. The van der Waals surface area contributed by atoms with Crippen molar-refractivity contribution in [2.45, 2.75) is 30.0 Å². The van der Waals surface area contributed by atoms with Crippen molar-refractivity contribution < 1.29 is 14.3 Å². The first-order valence-electron chi connectivity index (χ1n) is 9.42. The number of benzene rings is 2. The predicted octanol–water partition coefficient (Wildman–Crippen LogP) is 3.06. The number of hydrogen-bond acceptors (Lipinski definition) is 4. The molecule has 1 N–H and O–H groups in total. The summed E-state index contributed by atoms with van der Waals surface area (Å²) >= 11 is 0. The fourth-order valence-corrected chi connectivity index (χ4v) is 5.67. The summed E-state index contributed by atoms with van der Waals surface area (Å²) in [7, 11) is 1.69. The molecule has 27 heavy (non-hydrogen) atoms. The van der Waals surface area contributed by atoms with Crippen LogP contribution in [0.25, 0.3) is 0 Å². The summed E-state index contributed by atoms with van der Waals surface area (Å²) < 4.78 is 12.2. The number of amides is 1. The Labute approximate surface area is 157 Å². The van der Waals surface area contributed by atoms with Crippen molar-refractivity contribution in [2.75, 3.05) is 19.0 Å². The molecule has 1 saturated heterocycles. The molecule has 0 bridgehead atoms. The van der Waals surface area contributed by atoms with Crippen molar-refractivity contribution in [3.63, 3.8) is 0 Å². The number of rotatable bonds is 1. The highest BCUT2D eigenvalue weighted by Gasteiger charge is 2.72. The summed E-state index contributed by atoms with van der Waals surface area (Å²) in [4.78, 5) is 14.6. The lowest BCUT2D eigenvalue weighted by atomic mass is 9.63. The lowest BCUT2D eigenvalue weighted by molar-refractivity contribution is -0.140. The number of methoxy groups -OCH3 is 1. The van der Waals surface area contributed by atoms with Crippen LogP contribution in [0.4, 0.5) is 5.69 Å². The van der Waals surface area contributed by atoms with Crippen LogP contribution in [0.15, 0.2) is 54.6 Å². The van der Waals surface area contributed by atoms with Gasteiger partial charge in [0.1, 0.15) is 11.5 Å². The number of nitrogens with one attached hydrogen (secondary N) is 1. The first-order chi connectivity index (χ1) is 13.2. The third-order valence-electron chi connectivity index (χ3n) is 6.73. The van der Waals surface area contributed by atoms with E-state index in [2.05, 4.69) is 29.6 Å². The molecule has 1 amide bonds. The zero-order valence-electron chi connectivity index (χ0n) is 15.1. The van der Waals surface area contributed by atoms with Crippen LogP contribution < -0.4 is 14.8 Å². The van der Waals surface area contributed by atoms with Crippen molar-refractivity contribution in [1.82, 2.24) is 4.90 Å². The second kappa shape index (κ2) is 4.85. The highest BCUT2D eigenvalue weighted by molar-refractivity contribution is 5.90. The topological polar surface area (TPSA) is 50.8 Å². The van der Waals surface area contributed by atoms with E-state index in [4.69, 9.17) is 9.47 Å². The Morgan fingerprint density at radius 2 is 2.11 bits per heavy atom. The molecular weight excluding hydrogens is 340 g/mol. The van der Waals surface area contributed by atoms with Gasteiger partial charge in [-0.3, -0.25) is 4.79 Å². The van der Waals surface area contributed by atoms with E-state index in [0.717, 1.165) is 35.6 Å². The highest BCUT2D eigenvalue weighted by atomic mass is 16.5. The normalized spacial score (nSPS) is 31.8. The zero-order chi connectivity index (χ0) is 18.2. The number of piperidine rings is 1. The fraction of sp³-hybridized carbons (Fsp3) is 0.318. The third-order valence-corrected chi connectivity index (χ3v) is 6.73. The first-order valence-corrected chi connectivity index (χ1v) is 9.42. The Hall–Kier alpha value is -2.95. The van der Waals surface area contributed by atoms with E-state index in [0.29, 0.717) is 6.54 Å². The van der Waals surface area contributed by atoms with E-state index >= 15 is 0 Å². The number of carbonyl (C=O) groups is 1. The number of ether oxygens (including phenoxy) is 2. The van der Waals surface area contributed by atoms with Gasteiger partial charge in [-0.2, -0.15) is 0 Å². The van der Waals surface area contributed by atoms with Gasteiger partial charge in [0, 0.05) is 17.8 Å². The van der Waals surface area contributed by atoms with Crippen molar-refractivity contribution in [3.8, 4) is 11.5 Å². The molecule has 3 atom stereocenters. The molecule has 5 heteroatoms. The second-order valence-electron chi connectivity index (χ2n) is 7.71. The van der Waals surface area contributed by atoms with Crippen LogP contribution in [0.2, 0.25) is 0 Å². The number of nitrogens with zero attached hydrogens (tertiary/aromatic N) is 1. The predicted molar refractivity (Wildman–Crippen MR) is 101 cm³/mol. The Balaban J connectivity index is 1.65. The largest absolute Gasteiger partial charge is 0.497 e. The molecule has 0 saturated carbocycles. The fourth-order valence-electron chi connectivity index (χ4n) is 5.67. The maximum atomic E-state index is 12.6. The smallest absolute Gasteiger partial charge is 0.246 e. The van der Waals surface area contributed by atoms with Gasteiger partial charge in [0.2, 0.25) is 11.6 Å². The van der Waals surface area contributed by atoms with Crippen LogP contribution in [0.1, 0.15) is 24.0 Å². The van der Waals surface area contributed by atoms with Gasteiger partial charge in [-0.25, -0.2) is 0 Å². The number of para-hydroxylation sites is 1. The molecule has 136 valence electrons. The molecule has 4 aliphatic heterocycles. The van der Waals surface area contributed by atoms with Crippen molar-refractivity contribution in [2.24, 2.45) is 0 Å². The Kier molecular flexibility index (Phi) is 2.72. The number of hydrogen-bond donors (Lipinski definition) is 1. The van der Waals surface area contributed by atoms with E-state index in [1.807, 2.05) is 29.2 Å². The van der Waals surface area contributed by atoms with Gasteiger partial charge in [-0.15, -0.1) is 0 Å². The summed E-state index contributed by atoms with van der Waals surface area (Å²) in [6.07, 6.45) is 5.26. The minimum absolute atomic E-state index is 0.0606. The summed E-state index contributed by atoms with van der Waals surface area (Å²) in [6.45, 7) is 0.714. The molecule has 2 aromatic rings. The van der Waals surface area contributed by atoms with Crippen molar-refractivity contribution in [1.29, 1.82) is 0 Å². The Morgan fingerprint density at radius 3 is 3.00 bits per heavy atom. The minimum atomic E-state index is -0.690. The van der Waals surface area contributed by atoms with Gasteiger partial charge >= 0.3 is 0 Å². The van der Waals surface area contributed by atoms with Crippen LogP contribution in [-0.4, -0.2) is 36.2 Å². The molecule has 0 unspecified atom stereocenters. The molecule has 0 aliphatic carbocycles. The number of carbonyl (C=O) groups excluding carboxylic acids is 1. The number of anilines is 1. The lowest BCUT2D eigenvalue weighted by Crippen LogP contribution is -2.71. The van der Waals surface area contributed by atoms with Crippen LogP contribution in [0.5, 0.6) is 11.5 Å². The standard InChI is InChI=1S/C22H20N2O3/c1-26-14-9-10-18-16(13-14)21-11-12-24-19(7-4-8-20(24)25)22(21,27-18)23-17-6-3-2-5-15(17)21/h2-6,8-10,13,19,23H,7,11-12H2,1H3/t19-,21+,22-/m0/s1. The lowest BCUT2D eigenvalue weighted by Gasteiger charge is -2.53. The average molecular weight is 360 g/mol. The highest BCUT2D eigenvalue weighted by Crippen LogP contribution is 2.65. The molecular formula is C22H20N2O3. The molecule has 6 rings (SSSR count). The van der Waals surface area contributed by atoms with Gasteiger partial charge < -0.3 is 19.7 Å². The first kappa shape index (κ1) is 15.1. The van der Waals surface area contributed by atoms with Crippen LogP contribution in [0.3, 0.4) is 0 Å². The maximum Gasteiger partial charge on any atom is 0.246 e. The van der Waals surface area contributed by atoms with Crippen LogP contribution >= 0.6 is 0 Å². The van der Waals surface area contributed by atoms with E-state index in [9.17, 15) is 4.79 Å². The Bertz CT molecular complexity index is 1020. The van der Waals surface area contributed by atoms with Crippen molar-refractivity contribution in [3.05, 3.63) is 65.7 Å². The third kappa shape index (κ3) is 1.59. The van der Waals surface area contributed by atoms with Gasteiger partial charge in [0.05, 0.1) is 18.6 Å². The minimum Gasteiger partial charge on any atom is -0.497 e. The van der Waals surface area contributed by atoms with E-state index < -0.39 is 5.72 Å². The summed E-state index contributed by atoms with van der Waals surface area (Å²) in [5.41, 5.74) is 2.47.